The predicted molar refractivity (Wildman–Crippen MR) is 32.6 cm³/mol. The van der Waals surface area contributed by atoms with Crippen LogP contribution in [0.15, 0.2) is 12.8 Å². The highest BCUT2D eigenvalue weighted by molar-refractivity contribution is 5.62. The molecule has 0 atom stereocenters. The molecule has 0 aliphatic rings. The van der Waals surface area contributed by atoms with Gasteiger partial charge in [-0.25, -0.2) is 4.79 Å². The van der Waals surface area contributed by atoms with E-state index >= 15 is 0 Å². The molecule has 0 aliphatic carbocycles. The predicted octanol–water partition coefficient (Wildman–Crippen LogP) is 0.915. The lowest BCUT2D eigenvalue weighted by atomic mass is 10.9. The molecule has 0 aliphatic heterocycles. The van der Waals surface area contributed by atoms with Gasteiger partial charge in [0.15, 0.2) is 0 Å². The van der Waals surface area contributed by atoms with Gasteiger partial charge in [-0.05, 0) is 0 Å². The molecule has 0 fully saturated rings. The number of hydrogen-bond acceptors (Lipinski definition) is 3. The van der Waals surface area contributed by atoms with Crippen LogP contribution < -0.4 is 0 Å². The van der Waals surface area contributed by atoms with Crippen LogP contribution in [-0.2, 0) is 9.53 Å². The maximum absolute atomic E-state index is 9.31. The quantitative estimate of drug-likeness (QED) is 0.426. The zero-order valence-electron chi connectivity index (χ0n) is 5.40. The van der Waals surface area contributed by atoms with E-state index in [0.29, 0.717) is 0 Å². The van der Waals surface area contributed by atoms with E-state index < -0.39 is 12.1 Å². The molecule has 5 nitrogen and oxygen atoms in total. The molecule has 0 spiro atoms. The molecule has 0 aromatic heterocycles. The van der Waals surface area contributed by atoms with Gasteiger partial charge in [0.1, 0.15) is 0 Å². The van der Waals surface area contributed by atoms with Gasteiger partial charge in [0.05, 0.1) is 6.26 Å². The largest absolute Gasteiger partial charge is 0.510 e. The molecule has 58 valence electrons. The molecule has 0 heterocycles. The molecular weight excluding hydrogens is 140 g/mol. The van der Waals surface area contributed by atoms with E-state index in [1.165, 1.54) is 0 Å². The number of carboxylic acid groups (broad SMARTS) is 2. The molecule has 0 aromatic rings. The summed E-state index contributed by atoms with van der Waals surface area (Å²) in [6, 6.07) is 0. The Labute approximate surface area is 57.5 Å². The summed E-state index contributed by atoms with van der Waals surface area (Å²) in [6.07, 6.45) is -0.479. The molecule has 0 aromatic carbocycles. The van der Waals surface area contributed by atoms with Crippen molar-refractivity contribution in [3.05, 3.63) is 12.8 Å². The van der Waals surface area contributed by atoms with Crippen molar-refractivity contribution in [3.8, 4) is 0 Å². The van der Waals surface area contributed by atoms with Crippen molar-refractivity contribution >= 4 is 12.1 Å². The van der Waals surface area contributed by atoms with E-state index in [0.717, 1.165) is 13.2 Å². The van der Waals surface area contributed by atoms with Crippen molar-refractivity contribution in [2.75, 3.05) is 0 Å². The third-order valence-electron chi connectivity index (χ3n) is 0.184. The third kappa shape index (κ3) is 88.8. The van der Waals surface area contributed by atoms with Crippen molar-refractivity contribution < 1.29 is 24.5 Å². The van der Waals surface area contributed by atoms with Gasteiger partial charge in [-0.3, -0.25) is 4.79 Å². The first-order chi connectivity index (χ1) is 4.50. The highest BCUT2D eigenvalue weighted by atomic mass is 16.7. The van der Waals surface area contributed by atoms with Gasteiger partial charge >= 0.3 is 6.16 Å². The fraction of sp³-hybridized carbons (Fsp3) is 0.200. The summed E-state index contributed by atoms with van der Waals surface area (Å²) < 4.78 is 3.72. The van der Waals surface area contributed by atoms with Crippen molar-refractivity contribution in [1.82, 2.24) is 0 Å². The SMILES string of the molecule is C=COC(=O)O.CC(=O)O. The molecule has 10 heavy (non-hydrogen) atoms. The summed E-state index contributed by atoms with van der Waals surface area (Å²) in [5.74, 6) is -0.833. The normalized spacial score (nSPS) is 6.50. The van der Waals surface area contributed by atoms with E-state index in [1.807, 2.05) is 0 Å². The summed E-state index contributed by atoms with van der Waals surface area (Å²) in [7, 11) is 0. The molecular formula is C5H8O5. The van der Waals surface area contributed by atoms with Gasteiger partial charge in [-0.1, -0.05) is 6.58 Å². The van der Waals surface area contributed by atoms with Crippen molar-refractivity contribution in [2.45, 2.75) is 6.92 Å². The van der Waals surface area contributed by atoms with Crippen molar-refractivity contribution in [1.29, 1.82) is 0 Å². The van der Waals surface area contributed by atoms with E-state index in [4.69, 9.17) is 15.0 Å². The summed E-state index contributed by atoms with van der Waals surface area (Å²) in [6.45, 7) is 4.08. The molecule has 0 rings (SSSR count). The fourth-order valence-corrected chi connectivity index (χ4v) is 0.0713. The van der Waals surface area contributed by atoms with Gasteiger partial charge < -0.3 is 14.9 Å². The van der Waals surface area contributed by atoms with Crippen LogP contribution in [-0.4, -0.2) is 22.3 Å². The Balaban J connectivity index is 0. The van der Waals surface area contributed by atoms with Gasteiger partial charge in [0.2, 0.25) is 0 Å². The van der Waals surface area contributed by atoms with Crippen LogP contribution in [0, 0.1) is 0 Å². The lowest BCUT2D eigenvalue weighted by Crippen LogP contribution is -1.89. The van der Waals surface area contributed by atoms with Crippen LogP contribution >= 0.6 is 0 Å². The highest BCUT2D eigenvalue weighted by Crippen LogP contribution is 1.70. The number of carboxylic acids is 1. The third-order valence-corrected chi connectivity index (χ3v) is 0.184. The van der Waals surface area contributed by atoms with Crippen LogP contribution in [0.3, 0.4) is 0 Å². The molecule has 0 unspecified atom stereocenters. The highest BCUT2D eigenvalue weighted by Gasteiger charge is 1.84. The Morgan fingerprint density at radius 3 is 1.80 bits per heavy atom. The van der Waals surface area contributed by atoms with Crippen molar-refractivity contribution in [3.63, 3.8) is 0 Å². The minimum absolute atomic E-state index is 0.833. The Kier molecular flexibility index (Phi) is 8.45. The average molecular weight is 148 g/mol. The van der Waals surface area contributed by atoms with Crippen molar-refractivity contribution in [2.24, 2.45) is 0 Å². The van der Waals surface area contributed by atoms with Crippen LogP contribution in [0.5, 0.6) is 0 Å². The number of hydrogen-bond donors (Lipinski definition) is 2. The molecule has 2 N–H and O–H groups in total. The van der Waals surface area contributed by atoms with Crippen LogP contribution in [0.4, 0.5) is 4.79 Å². The summed E-state index contributed by atoms with van der Waals surface area (Å²) in [4.78, 5) is 18.3. The average Bonchev–Trinajstić information content (AvgIpc) is 1.62. The zero-order valence-corrected chi connectivity index (χ0v) is 5.40. The molecule has 0 bridgehead atoms. The number of carbonyl (C=O) groups is 2. The second kappa shape index (κ2) is 7.48. The first-order valence-electron chi connectivity index (χ1n) is 2.20. The van der Waals surface area contributed by atoms with Gasteiger partial charge in [0.25, 0.3) is 5.97 Å². The molecule has 0 radical (unpaired) electrons. The van der Waals surface area contributed by atoms with Crippen LogP contribution in [0.2, 0.25) is 0 Å². The van der Waals surface area contributed by atoms with E-state index in [2.05, 4.69) is 11.3 Å². The molecule has 5 heteroatoms. The number of aliphatic carboxylic acids is 1. The summed E-state index contributed by atoms with van der Waals surface area (Å²) in [5.41, 5.74) is 0. The minimum atomic E-state index is -1.33. The van der Waals surface area contributed by atoms with E-state index in [9.17, 15) is 4.79 Å². The van der Waals surface area contributed by atoms with Crippen LogP contribution in [0.25, 0.3) is 0 Å². The first-order valence-corrected chi connectivity index (χ1v) is 2.20. The molecule has 0 saturated heterocycles. The van der Waals surface area contributed by atoms with E-state index in [1.54, 1.807) is 0 Å². The monoisotopic (exact) mass is 148 g/mol. The Morgan fingerprint density at radius 2 is 1.80 bits per heavy atom. The summed E-state index contributed by atoms with van der Waals surface area (Å²) >= 11 is 0. The van der Waals surface area contributed by atoms with Gasteiger partial charge in [-0.2, -0.15) is 0 Å². The number of rotatable bonds is 1. The lowest BCUT2D eigenvalue weighted by Gasteiger charge is -1.81. The van der Waals surface area contributed by atoms with E-state index in [-0.39, 0.29) is 0 Å². The Bertz CT molecular complexity index is 124. The second-order valence-electron chi connectivity index (χ2n) is 1.07. The smallest absolute Gasteiger partial charge is 0.481 e. The standard InChI is InChI=1S/C3H4O3.C2H4O2/c1-2-6-3(4)5;1-2(3)4/h2H,1H2,(H,4,5);1H3,(H,3,4). The Hall–Kier alpha value is -1.52. The Morgan fingerprint density at radius 1 is 1.50 bits per heavy atom. The molecule has 0 saturated carbocycles. The second-order valence-corrected chi connectivity index (χ2v) is 1.07. The maximum Gasteiger partial charge on any atom is 0.510 e. The molecule has 0 amide bonds. The van der Waals surface area contributed by atoms with Gasteiger partial charge in [0, 0.05) is 6.92 Å². The fourth-order valence-electron chi connectivity index (χ4n) is 0.0713. The van der Waals surface area contributed by atoms with Gasteiger partial charge in [-0.15, -0.1) is 0 Å². The lowest BCUT2D eigenvalue weighted by molar-refractivity contribution is -0.134. The minimum Gasteiger partial charge on any atom is -0.481 e. The zero-order chi connectivity index (χ0) is 8.57. The number of ether oxygens (including phenoxy) is 1. The van der Waals surface area contributed by atoms with Crippen LogP contribution in [0.1, 0.15) is 6.92 Å². The topological polar surface area (TPSA) is 83.8 Å². The maximum atomic E-state index is 9.31. The summed E-state index contributed by atoms with van der Waals surface area (Å²) in [5, 5.41) is 15.0. The first kappa shape index (κ1) is 11.3.